The highest BCUT2D eigenvalue weighted by atomic mass is 32.2. The van der Waals surface area contributed by atoms with E-state index >= 15 is 0 Å². The summed E-state index contributed by atoms with van der Waals surface area (Å²) in [6.45, 7) is 6.45. The molecule has 4 nitrogen and oxygen atoms in total. The third kappa shape index (κ3) is 3.78. The number of rotatable bonds is 4. The van der Waals surface area contributed by atoms with Crippen molar-refractivity contribution in [2.75, 3.05) is 24.2 Å². The van der Waals surface area contributed by atoms with Crippen LogP contribution in [0.5, 0.6) is 0 Å². The Bertz CT molecular complexity index is 799. The summed E-state index contributed by atoms with van der Waals surface area (Å²) >= 11 is 0. The van der Waals surface area contributed by atoms with Crippen molar-refractivity contribution in [2.45, 2.75) is 25.5 Å². The van der Waals surface area contributed by atoms with Gasteiger partial charge in [0.1, 0.15) is 5.82 Å². The van der Waals surface area contributed by atoms with E-state index in [0.717, 1.165) is 24.5 Å². The van der Waals surface area contributed by atoms with Crippen molar-refractivity contribution in [1.82, 2.24) is 4.98 Å². The molecule has 3 rings (SSSR count). The lowest BCUT2D eigenvalue weighted by Crippen LogP contribution is -2.23. The van der Waals surface area contributed by atoms with Gasteiger partial charge in [0.05, 0.1) is 5.75 Å². The van der Waals surface area contributed by atoms with Gasteiger partial charge in [-0.25, -0.2) is 13.4 Å². The molecule has 1 aliphatic heterocycles. The maximum absolute atomic E-state index is 11.4. The van der Waals surface area contributed by atoms with E-state index in [1.54, 1.807) is 6.20 Å². The van der Waals surface area contributed by atoms with Crippen LogP contribution in [0.15, 0.2) is 48.7 Å². The summed E-state index contributed by atoms with van der Waals surface area (Å²) in [6.07, 6.45) is 2.92. The average molecular weight is 344 g/mol. The first-order valence-corrected chi connectivity index (χ1v) is 10.2. The zero-order chi connectivity index (χ0) is 17.4. The molecular formula is C19H24N2O2S. The molecule has 0 bridgehead atoms. The van der Waals surface area contributed by atoms with Crippen molar-refractivity contribution in [3.8, 4) is 0 Å². The molecule has 0 saturated carbocycles. The fourth-order valence-electron chi connectivity index (χ4n) is 3.54. The summed E-state index contributed by atoms with van der Waals surface area (Å²) in [7, 11) is -3.03. The van der Waals surface area contributed by atoms with Gasteiger partial charge in [-0.3, -0.25) is 0 Å². The van der Waals surface area contributed by atoms with Crippen LogP contribution >= 0.6 is 0 Å². The molecule has 0 N–H and O–H groups in total. The van der Waals surface area contributed by atoms with Gasteiger partial charge < -0.3 is 4.90 Å². The molecule has 0 amide bonds. The molecule has 1 atom stereocenters. The molecule has 2 heterocycles. The van der Waals surface area contributed by atoms with Crippen molar-refractivity contribution in [3.63, 3.8) is 0 Å². The fourth-order valence-corrected chi connectivity index (χ4v) is 4.32. The van der Waals surface area contributed by atoms with Crippen LogP contribution in [0, 0.1) is 5.41 Å². The lowest BCUT2D eigenvalue weighted by atomic mass is 9.78. The second-order valence-electron chi connectivity index (χ2n) is 7.43. The van der Waals surface area contributed by atoms with E-state index in [4.69, 9.17) is 0 Å². The van der Waals surface area contributed by atoms with Gasteiger partial charge in [-0.15, -0.1) is 0 Å². The molecule has 2 aromatic rings. The maximum atomic E-state index is 11.4. The Morgan fingerprint density at radius 3 is 2.46 bits per heavy atom. The summed E-state index contributed by atoms with van der Waals surface area (Å²) in [5, 5.41) is 0. The number of aromatic nitrogens is 1. The molecule has 5 heteroatoms. The first-order valence-electron chi connectivity index (χ1n) is 8.17. The quantitative estimate of drug-likeness (QED) is 0.854. The molecule has 0 radical (unpaired) electrons. The van der Waals surface area contributed by atoms with Crippen LogP contribution in [0.3, 0.4) is 0 Å². The second-order valence-corrected chi connectivity index (χ2v) is 9.57. The molecule has 1 aliphatic rings. The Morgan fingerprint density at radius 2 is 1.88 bits per heavy atom. The molecule has 0 aliphatic carbocycles. The summed E-state index contributed by atoms with van der Waals surface area (Å²) in [6, 6.07) is 14.4. The number of hydrogen-bond acceptors (Lipinski definition) is 4. The molecule has 128 valence electrons. The number of anilines is 1. The van der Waals surface area contributed by atoms with E-state index in [-0.39, 0.29) is 11.2 Å². The third-order valence-electron chi connectivity index (χ3n) is 4.71. The lowest BCUT2D eigenvalue weighted by Gasteiger charge is -2.25. The monoisotopic (exact) mass is 344 g/mol. The van der Waals surface area contributed by atoms with Gasteiger partial charge in [0, 0.05) is 31.5 Å². The van der Waals surface area contributed by atoms with Crippen LogP contribution in [0.2, 0.25) is 0 Å². The minimum atomic E-state index is -3.03. The number of hydrogen-bond donors (Lipinski definition) is 0. The molecule has 0 unspecified atom stereocenters. The molecule has 1 aromatic heterocycles. The fraction of sp³-hybridized carbons (Fsp3) is 0.421. The van der Waals surface area contributed by atoms with Gasteiger partial charge in [0.25, 0.3) is 0 Å². The Balaban J connectivity index is 1.79. The van der Waals surface area contributed by atoms with Crippen LogP contribution in [-0.4, -0.2) is 32.7 Å². The summed E-state index contributed by atoms with van der Waals surface area (Å²) in [5.41, 5.74) is 2.26. The first-order chi connectivity index (χ1) is 11.2. The Kier molecular flexibility index (Phi) is 4.38. The predicted molar refractivity (Wildman–Crippen MR) is 98.0 cm³/mol. The van der Waals surface area contributed by atoms with Crippen LogP contribution < -0.4 is 4.90 Å². The van der Waals surface area contributed by atoms with E-state index < -0.39 is 9.84 Å². The minimum absolute atomic E-state index is 0.0401. The smallest absolute Gasteiger partial charge is 0.151 e. The molecule has 1 saturated heterocycles. The van der Waals surface area contributed by atoms with E-state index in [1.807, 2.05) is 18.2 Å². The second kappa shape index (κ2) is 6.20. The number of benzene rings is 1. The minimum Gasteiger partial charge on any atom is -0.355 e. The third-order valence-corrected chi connectivity index (χ3v) is 5.57. The van der Waals surface area contributed by atoms with Crippen molar-refractivity contribution in [2.24, 2.45) is 5.41 Å². The largest absolute Gasteiger partial charge is 0.355 e. The van der Waals surface area contributed by atoms with Crippen LogP contribution in [0.1, 0.15) is 30.9 Å². The van der Waals surface area contributed by atoms with Gasteiger partial charge in [0.2, 0.25) is 0 Å². The molecular weight excluding hydrogens is 320 g/mol. The molecule has 24 heavy (non-hydrogen) atoms. The maximum Gasteiger partial charge on any atom is 0.151 e. The predicted octanol–water partition coefficient (Wildman–Crippen LogP) is 3.26. The van der Waals surface area contributed by atoms with Crippen LogP contribution in [0.4, 0.5) is 5.82 Å². The topological polar surface area (TPSA) is 50.3 Å². The molecule has 1 aromatic carbocycles. The van der Waals surface area contributed by atoms with Gasteiger partial charge >= 0.3 is 0 Å². The SMILES string of the molecule is CC1(C)CN(c2ccc(CS(C)(=O)=O)cn2)C[C@H]1c1ccccc1. The van der Waals surface area contributed by atoms with Crippen molar-refractivity contribution in [1.29, 1.82) is 0 Å². The summed E-state index contributed by atoms with van der Waals surface area (Å²) in [5.74, 6) is 1.41. The van der Waals surface area contributed by atoms with Crippen LogP contribution in [0.25, 0.3) is 0 Å². The van der Waals surface area contributed by atoms with E-state index in [9.17, 15) is 8.42 Å². The van der Waals surface area contributed by atoms with Gasteiger partial charge in [-0.2, -0.15) is 0 Å². The van der Waals surface area contributed by atoms with Crippen LogP contribution in [-0.2, 0) is 15.6 Å². The lowest BCUT2D eigenvalue weighted by molar-refractivity contribution is 0.365. The van der Waals surface area contributed by atoms with Gasteiger partial charge in [-0.05, 0) is 22.6 Å². The van der Waals surface area contributed by atoms with E-state index in [2.05, 4.69) is 48.0 Å². The highest BCUT2D eigenvalue weighted by molar-refractivity contribution is 7.89. The van der Waals surface area contributed by atoms with E-state index in [0.29, 0.717) is 5.92 Å². The zero-order valence-corrected chi connectivity index (χ0v) is 15.3. The van der Waals surface area contributed by atoms with Crippen molar-refractivity contribution >= 4 is 15.7 Å². The highest BCUT2D eigenvalue weighted by Gasteiger charge is 2.40. The molecule has 1 fully saturated rings. The average Bonchev–Trinajstić information content (AvgIpc) is 2.83. The first kappa shape index (κ1) is 17.0. The normalized spacial score (nSPS) is 20.3. The van der Waals surface area contributed by atoms with Crippen molar-refractivity contribution < 1.29 is 8.42 Å². The van der Waals surface area contributed by atoms with Gasteiger partial charge in [-0.1, -0.05) is 50.2 Å². The molecule has 0 spiro atoms. The summed E-state index contributed by atoms with van der Waals surface area (Å²) < 4.78 is 22.8. The number of pyridine rings is 1. The standard InChI is InChI=1S/C19H24N2O2S/c1-19(2)14-21(12-17(19)16-7-5-4-6-8-16)18-10-9-15(11-20-18)13-24(3,22)23/h4-11,17H,12-14H2,1-3H3/t17-/m0/s1. The number of nitrogens with zero attached hydrogens (tertiary/aromatic N) is 2. The van der Waals surface area contributed by atoms with Gasteiger partial charge in [0.15, 0.2) is 9.84 Å². The van der Waals surface area contributed by atoms with E-state index in [1.165, 1.54) is 11.8 Å². The number of sulfone groups is 1. The van der Waals surface area contributed by atoms with Crippen molar-refractivity contribution in [3.05, 3.63) is 59.8 Å². The Morgan fingerprint density at radius 1 is 1.17 bits per heavy atom. The Hall–Kier alpha value is -1.88. The summed E-state index contributed by atoms with van der Waals surface area (Å²) in [4.78, 5) is 6.79. The highest BCUT2D eigenvalue weighted by Crippen LogP contribution is 2.43. The zero-order valence-electron chi connectivity index (χ0n) is 14.4. The Labute approximate surface area is 144 Å².